The van der Waals surface area contributed by atoms with Gasteiger partial charge < -0.3 is 14.9 Å². The van der Waals surface area contributed by atoms with E-state index in [0.717, 1.165) is 31.7 Å². The van der Waals surface area contributed by atoms with Gasteiger partial charge in [0.25, 0.3) is 0 Å². The first kappa shape index (κ1) is 18.3. The van der Waals surface area contributed by atoms with E-state index in [2.05, 4.69) is 0 Å². The maximum Gasteiger partial charge on any atom is 0.342 e. The fourth-order valence-corrected chi connectivity index (χ4v) is 2.87. The third kappa shape index (κ3) is 4.74. The summed E-state index contributed by atoms with van der Waals surface area (Å²) in [5, 5.41) is 19.7. The monoisotopic (exact) mass is 352 g/mol. The Hall–Kier alpha value is -2.01. The van der Waals surface area contributed by atoms with Gasteiger partial charge in [-0.25, -0.2) is 4.79 Å². The second-order valence-corrected chi connectivity index (χ2v) is 6.17. The minimum Gasteiger partial charge on any atom is -0.507 e. The summed E-state index contributed by atoms with van der Waals surface area (Å²) >= 11 is 6.06. The van der Waals surface area contributed by atoms with E-state index >= 15 is 0 Å². The molecule has 130 valence electrons. The molecule has 0 saturated carbocycles. The predicted octanol–water partition coefficient (Wildman–Crippen LogP) is 3.93. The summed E-state index contributed by atoms with van der Waals surface area (Å²) in [5.41, 5.74) is -0.0282. The predicted molar refractivity (Wildman–Crippen MR) is 90.6 cm³/mol. The highest BCUT2D eigenvalue weighted by molar-refractivity contribution is 6.33. The van der Waals surface area contributed by atoms with E-state index in [1.54, 1.807) is 0 Å². The Kier molecular flexibility index (Phi) is 6.67. The van der Waals surface area contributed by atoms with Crippen molar-refractivity contribution in [3.63, 3.8) is 0 Å². The van der Waals surface area contributed by atoms with E-state index in [0.29, 0.717) is 12.8 Å². The quantitative estimate of drug-likeness (QED) is 0.546. The van der Waals surface area contributed by atoms with E-state index in [1.165, 1.54) is 0 Å². The summed E-state index contributed by atoms with van der Waals surface area (Å²) in [4.78, 5) is 24.5. The fourth-order valence-electron chi connectivity index (χ4n) is 2.65. The van der Waals surface area contributed by atoms with Crippen molar-refractivity contribution in [1.29, 1.82) is 0 Å². The summed E-state index contributed by atoms with van der Waals surface area (Å²) in [6, 6.07) is 0.987. The maximum atomic E-state index is 12.3. The number of rotatable bonds is 0. The van der Waals surface area contributed by atoms with Crippen molar-refractivity contribution < 1.29 is 24.5 Å². The molecule has 0 bridgehead atoms. The Morgan fingerprint density at radius 3 is 2.54 bits per heavy atom. The second kappa shape index (κ2) is 8.73. The van der Waals surface area contributed by atoms with Gasteiger partial charge in [-0.1, -0.05) is 30.2 Å². The highest BCUT2D eigenvalue weighted by Crippen LogP contribution is 2.37. The number of phenols is 2. The van der Waals surface area contributed by atoms with E-state index in [-0.39, 0.29) is 40.7 Å². The first-order chi connectivity index (χ1) is 11.5. The van der Waals surface area contributed by atoms with Gasteiger partial charge in [-0.15, -0.1) is 0 Å². The van der Waals surface area contributed by atoms with Crippen LogP contribution in [0.1, 0.15) is 54.4 Å². The van der Waals surface area contributed by atoms with Crippen molar-refractivity contribution >= 4 is 23.4 Å². The standard InChI is InChI=1S/C18H21ClO5/c19-17-13-10-12(20)8-6-4-2-1-3-5-7-9-24-18(23)16(13)14(21)11-15(17)22/h3,5,11,21-22H,1-2,4,6-10H2/b5-3+. The normalized spacial score (nSPS) is 18.9. The first-order valence-corrected chi connectivity index (χ1v) is 8.45. The van der Waals surface area contributed by atoms with Gasteiger partial charge in [0.1, 0.15) is 22.8 Å². The highest BCUT2D eigenvalue weighted by Gasteiger charge is 2.24. The fraction of sp³-hybridized carbons (Fsp3) is 0.444. The number of hydrogen-bond acceptors (Lipinski definition) is 5. The van der Waals surface area contributed by atoms with Gasteiger partial charge in [0, 0.05) is 24.5 Å². The zero-order valence-electron chi connectivity index (χ0n) is 13.4. The Morgan fingerprint density at radius 2 is 1.75 bits per heavy atom. The van der Waals surface area contributed by atoms with Crippen LogP contribution in [0.4, 0.5) is 0 Å². The molecule has 1 aromatic rings. The largest absolute Gasteiger partial charge is 0.507 e. The van der Waals surface area contributed by atoms with Gasteiger partial charge in [0.05, 0.1) is 11.6 Å². The number of phenolic OH excluding ortho intramolecular Hbond substituents is 2. The molecule has 24 heavy (non-hydrogen) atoms. The Labute approximate surface area is 145 Å². The van der Waals surface area contributed by atoms with E-state index in [4.69, 9.17) is 16.3 Å². The maximum absolute atomic E-state index is 12.3. The van der Waals surface area contributed by atoms with Crippen molar-refractivity contribution in [1.82, 2.24) is 0 Å². The number of halogens is 1. The zero-order chi connectivity index (χ0) is 17.5. The lowest BCUT2D eigenvalue weighted by Crippen LogP contribution is -2.13. The molecular formula is C18H21ClO5. The topological polar surface area (TPSA) is 83.8 Å². The van der Waals surface area contributed by atoms with Crippen molar-refractivity contribution in [2.24, 2.45) is 0 Å². The SMILES string of the molecule is O=C1CCCCC/C=C/CCOC(=O)c2c(O)cc(O)c(Cl)c2C1. The third-order valence-electron chi connectivity index (χ3n) is 3.91. The number of carbonyl (C=O) groups is 2. The van der Waals surface area contributed by atoms with Crippen LogP contribution in [-0.2, 0) is 16.0 Å². The summed E-state index contributed by atoms with van der Waals surface area (Å²) in [6.45, 7) is 0.167. The molecule has 0 saturated heterocycles. The first-order valence-electron chi connectivity index (χ1n) is 8.08. The third-order valence-corrected chi connectivity index (χ3v) is 4.33. The number of ketones is 1. The lowest BCUT2D eigenvalue weighted by Gasteiger charge is -2.13. The van der Waals surface area contributed by atoms with Crippen molar-refractivity contribution in [2.45, 2.75) is 44.9 Å². The molecule has 0 aromatic heterocycles. The molecule has 1 heterocycles. The Bertz CT molecular complexity index is 651. The number of allylic oxidation sites excluding steroid dienone is 1. The molecule has 0 aliphatic carbocycles. The van der Waals surface area contributed by atoms with Crippen molar-refractivity contribution in [3.05, 3.63) is 34.4 Å². The summed E-state index contributed by atoms with van der Waals surface area (Å²) < 4.78 is 5.15. The molecule has 0 amide bonds. The number of esters is 1. The van der Waals surface area contributed by atoms with Crippen LogP contribution in [-0.4, -0.2) is 28.6 Å². The van der Waals surface area contributed by atoms with Gasteiger partial charge in [-0.2, -0.15) is 0 Å². The minimum absolute atomic E-state index is 0.0960. The molecule has 5 nitrogen and oxygen atoms in total. The number of hydrogen-bond donors (Lipinski definition) is 2. The zero-order valence-corrected chi connectivity index (χ0v) is 14.1. The van der Waals surface area contributed by atoms with Crippen LogP contribution in [0.3, 0.4) is 0 Å². The minimum atomic E-state index is -0.750. The number of benzene rings is 1. The molecule has 6 heteroatoms. The average molecular weight is 353 g/mol. The van der Waals surface area contributed by atoms with Gasteiger partial charge >= 0.3 is 5.97 Å². The molecule has 0 atom stereocenters. The summed E-state index contributed by atoms with van der Waals surface area (Å²) in [7, 11) is 0. The molecule has 2 rings (SSSR count). The van der Waals surface area contributed by atoms with Crippen LogP contribution in [0.15, 0.2) is 18.2 Å². The number of aromatic hydroxyl groups is 2. The smallest absolute Gasteiger partial charge is 0.342 e. The van der Waals surface area contributed by atoms with Gasteiger partial charge in [0.15, 0.2) is 0 Å². The molecule has 0 fully saturated rings. The second-order valence-electron chi connectivity index (χ2n) is 5.79. The summed E-state index contributed by atoms with van der Waals surface area (Å²) in [6.07, 6.45) is 8.44. The highest BCUT2D eigenvalue weighted by atomic mass is 35.5. The Morgan fingerprint density at radius 1 is 1.00 bits per heavy atom. The number of carbonyl (C=O) groups excluding carboxylic acids is 2. The summed E-state index contributed by atoms with van der Waals surface area (Å²) in [5.74, 6) is -1.65. The molecule has 0 unspecified atom stereocenters. The van der Waals surface area contributed by atoms with Crippen LogP contribution < -0.4 is 0 Å². The molecular weight excluding hydrogens is 332 g/mol. The number of Topliss-reactive ketones (excluding diaryl/α,β-unsaturated/α-hetero) is 1. The Balaban J connectivity index is 2.34. The number of fused-ring (bicyclic) bond motifs is 1. The molecule has 1 aromatic carbocycles. The van der Waals surface area contributed by atoms with Crippen LogP contribution in [0.25, 0.3) is 0 Å². The van der Waals surface area contributed by atoms with Crippen LogP contribution in [0.5, 0.6) is 11.5 Å². The van der Waals surface area contributed by atoms with Crippen LogP contribution in [0, 0.1) is 0 Å². The van der Waals surface area contributed by atoms with Gasteiger partial charge in [-0.05, 0) is 25.7 Å². The van der Waals surface area contributed by atoms with E-state index in [9.17, 15) is 19.8 Å². The molecule has 0 radical (unpaired) electrons. The van der Waals surface area contributed by atoms with E-state index < -0.39 is 11.7 Å². The molecule has 1 aliphatic heterocycles. The lowest BCUT2D eigenvalue weighted by atomic mass is 9.98. The van der Waals surface area contributed by atoms with Crippen LogP contribution in [0.2, 0.25) is 5.02 Å². The van der Waals surface area contributed by atoms with Crippen LogP contribution >= 0.6 is 11.6 Å². The van der Waals surface area contributed by atoms with E-state index in [1.807, 2.05) is 12.2 Å². The van der Waals surface area contributed by atoms with Crippen molar-refractivity contribution in [3.8, 4) is 11.5 Å². The number of ether oxygens (including phenoxy) is 1. The number of cyclic esters (lactones) is 1. The van der Waals surface area contributed by atoms with Gasteiger partial charge in [0.2, 0.25) is 0 Å². The molecule has 1 aliphatic rings. The molecule has 2 N–H and O–H groups in total. The van der Waals surface area contributed by atoms with Crippen molar-refractivity contribution in [2.75, 3.05) is 6.61 Å². The van der Waals surface area contributed by atoms with Gasteiger partial charge in [-0.3, -0.25) is 4.79 Å². The lowest BCUT2D eigenvalue weighted by molar-refractivity contribution is -0.118. The molecule has 0 spiro atoms. The average Bonchev–Trinajstić information content (AvgIpc) is 2.53.